The maximum absolute atomic E-state index is 12.5. The van der Waals surface area contributed by atoms with Crippen LogP contribution in [0, 0.1) is 11.3 Å². The molecular formula is C14H12Cl2O4. The number of hydrogen-bond donors (Lipinski definition) is 1. The lowest BCUT2D eigenvalue weighted by Gasteiger charge is -2.10. The van der Waals surface area contributed by atoms with Gasteiger partial charge in [-0.2, -0.15) is 0 Å². The second-order valence-electron chi connectivity index (χ2n) is 5.49. The van der Waals surface area contributed by atoms with E-state index in [2.05, 4.69) is 0 Å². The van der Waals surface area contributed by atoms with Crippen molar-refractivity contribution in [2.24, 2.45) is 11.3 Å². The predicted molar refractivity (Wildman–Crippen MR) is 73.8 cm³/mol. The molecule has 2 atom stereocenters. The summed E-state index contributed by atoms with van der Waals surface area (Å²) in [6, 6.07) is 1.64. The molecule has 1 N–H and O–H groups in total. The largest absolute Gasteiger partial charge is 0.480 e. The first-order valence-electron chi connectivity index (χ1n) is 6.27. The number of rotatable bonds is 3. The van der Waals surface area contributed by atoms with Crippen LogP contribution in [0.4, 0.5) is 0 Å². The van der Waals surface area contributed by atoms with Crippen molar-refractivity contribution in [3.8, 4) is 5.75 Å². The molecule has 1 aromatic carbocycles. The number of hydrogen-bond acceptors (Lipinski definition) is 3. The van der Waals surface area contributed by atoms with Gasteiger partial charge in [0.2, 0.25) is 0 Å². The number of ether oxygens (including phenoxy) is 1. The number of aliphatic carboxylic acids is 1. The van der Waals surface area contributed by atoms with Crippen LogP contribution in [-0.4, -0.2) is 23.5 Å². The van der Waals surface area contributed by atoms with Gasteiger partial charge in [0.1, 0.15) is 10.8 Å². The van der Waals surface area contributed by atoms with Crippen LogP contribution < -0.4 is 4.74 Å². The van der Waals surface area contributed by atoms with Crippen LogP contribution in [0.2, 0.25) is 10.0 Å². The van der Waals surface area contributed by atoms with Crippen LogP contribution in [0.3, 0.4) is 0 Å². The minimum absolute atomic E-state index is 0.0525. The first-order valence-corrected chi connectivity index (χ1v) is 7.02. The Morgan fingerprint density at radius 3 is 2.70 bits per heavy atom. The van der Waals surface area contributed by atoms with E-state index < -0.39 is 12.6 Å². The van der Waals surface area contributed by atoms with E-state index in [1.807, 2.05) is 6.92 Å². The molecule has 2 aliphatic carbocycles. The quantitative estimate of drug-likeness (QED) is 0.930. The number of halogens is 2. The lowest BCUT2D eigenvalue weighted by molar-refractivity contribution is -0.139. The molecule has 6 heteroatoms. The highest BCUT2D eigenvalue weighted by molar-refractivity contribution is 6.45. The summed E-state index contributed by atoms with van der Waals surface area (Å²) in [5, 5.41) is 8.92. The molecule has 0 radical (unpaired) electrons. The van der Waals surface area contributed by atoms with Crippen molar-refractivity contribution < 1.29 is 19.4 Å². The van der Waals surface area contributed by atoms with E-state index in [9.17, 15) is 9.59 Å². The molecule has 0 amide bonds. The number of carboxylic acids is 1. The third-order valence-corrected chi connectivity index (χ3v) is 5.09. The standard InChI is InChI=1S/C14H12Cl2O4/c1-6-3-14(6)4-7-2-8(20-5-9(17)18)11(15)12(16)10(7)13(14)19/h2,6H,3-5H2,1H3,(H,17,18). The lowest BCUT2D eigenvalue weighted by atomic mass is 9.99. The Labute approximate surface area is 125 Å². The molecule has 0 heterocycles. The molecule has 3 rings (SSSR count). The highest BCUT2D eigenvalue weighted by atomic mass is 35.5. The summed E-state index contributed by atoms with van der Waals surface area (Å²) in [5.41, 5.74) is 0.957. The summed E-state index contributed by atoms with van der Waals surface area (Å²) < 4.78 is 5.13. The van der Waals surface area contributed by atoms with E-state index in [1.54, 1.807) is 6.07 Å². The fraction of sp³-hybridized carbons (Fsp3) is 0.429. The van der Waals surface area contributed by atoms with Crippen molar-refractivity contribution in [2.75, 3.05) is 6.61 Å². The Bertz CT molecular complexity index is 641. The molecule has 4 nitrogen and oxygen atoms in total. The first kappa shape index (κ1) is 13.7. The van der Waals surface area contributed by atoms with Gasteiger partial charge in [0, 0.05) is 11.0 Å². The van der Waals surface area contributed by atoms with E-state index in [-0.39, 0.29) is 27.0 Å². The van der Waals surface area contributed by atoms with Gasteiger partial charge >= 0.3 is 5.97 Å². The monoisotopic (exact) mass is 314 g/mol. The van der Waals surface area contributed by atoms with Gasteiger partial charge < -0.3 is 9.84 Å². The van der Waals surface area contributed by atoms with E-state index in [1.165, 1.54) is 0 Å². The maximum atomic E-state index is 12.5. The average molecular weight is 315 g/mol. The molecule has 0 aliphatic heterocycles. The van der Waals surface area contributed by atoms with Gasteiger partial charge in [0.05, 0.1) is 5.02 Å². The van der Waals surface area contributed by atoms with Crippen molar-refractivity contribution in [2.45, 2.75) is 19.8 Å². The van der Waals surface area contributed by atoms with E-state index >= 15 is 0 Å². The van der Waals surface area contributed by atoms with Crippen molar-refractivity contribution in [1.29, 1.82) is 0 Å². The minimum Gasteiger partial charge on any atom is -0.480 e. The molecule has 1 spiro atoms. The van der Waals surface area contributed by atoms with Crippen LogP contribution >= 0.6 is 23.2 Å². The second-order valence-corrected chi connectivity index (χ2v) is 6.24. The number of fused-ring (bicyclic) bond motifs is 1. The Balaban J connectivity index is 2.01. The Hall–Kier alpha value is -1.26. The summed E-state index contributed by atoms with van der Waals surface area (Å²) in [6.07, 6.45) is 1.49. The van der Waals surface area contributed by atoms with Gasteiger partial charge in [-0.25, -0.2) is 4.79 Å². The Kier molecular flexibility index (Phi) is 2.99. The van der Waals surface area contributed by atoms with Crippen molar-refractivity contribution in [3.63, 3.8) is 0 Å². The zero-order chi connectivity index (χ0) is 14.7. The number of Topliss-reactive ketones (excluding diaryl/α,β-unsaturated/α-hetero) is 1. The van der Waals surface area contributed by atoms with Crippen LogP contribution in [-0.2, 0) is 11.2 Å². The second kappa shape index (κ2) is 4.37. The first-order chi connectivity index (χ1) is 9.36. The SMILES string of the molecule is CC1CC12Cc1cc(OCC(=O)O)c(Cl)c(Cl)c1C2=O. The number of carboxylic acid groups (broad SMARTS) is 1. The molecule has 2 aliphatic rings. The third kappa shape index (κ3) is 1.82. The van der Waals surface area contributed by atoms with Crippen LogP contribution in [0.5, 0.6) is 5.75 Å². The van der Waals surface area contributed by atoms with Gasteiger partial charge in [0.15, 0.2) is 12.4 Å². The summed E-state index contributed by atoms with van der Waals surface area (Å²) >= 11 is 12.2. The molecule has 106 valence electrons. The molecule has 20 heavy (non-hydrogen) atoms. The smallest absolute Gasteiger partial charge is 0.341 e. The number of benzene rings is 1. The minimum atomic E-state index is -1.10. The maximum Gasteiger partial charge on any atom is 0.341 e. The van der Waals surface area contributed by atoms with Crippen molar-refractivity contribution in [3.05, 3.63) is 27.2 Å². The lowest BCUT2D eigenvalue weighted by Crippen LogP contribution is -2.12. The third-order valence-electron chi connectivity index (χ3n) is 4.24. The van der Waals surface area contributed by atoms with E-state index in [0.29, 0.717) is 17.9 Å². The van der Waals surface area contributed by atoms with E-state index in [4.69, 9.17) is 33.0 Å². The summed E-state index contributed by atoms with van der Waals surface area (Å²) in [5.74, 6) is -0.477. The molecular weight excluding hydrogens is 303 g/mol. The zero-order valence-electron chi connectivity index (χ0n) is 10.7. The van der Waals surface area contributed by atoms with Crippen LogP contribution in [0.1, 0.15) is 29.3 Å². The topological polar surface area (TPSA) is 63.6 Å². The molecule has 1 aromatic rings. The van der Waals surface area contributed by atoms with Gasteiger partial charge in [-0.1, -0.05) is 30.1 Å². The van der Waals surface area contributed by atoms with Gasteiger partial charge in [0.25, 0.3) is 0 Å². The summed E-state index contributed by atoms with van der Waals surface area (Å²) in [4.78, 5) is 23.0. The van der Waals surface area contributed by atoms with Gasteiger partial charge in [-0.3, -0.25) is 4.79 Å². The molecule has 0 aromatic heterocycles. The highest BCUT2D eigenvalue weighted by Gasteiger charge is 2.61. The van der Waals surface area contributed by atoms with Gasteiger partial charge in [-0.15, -0.1) is 0 Å². The molecule has 1 fully saturated rings. The normalized spacial score (nSPS) is 26.8. The van der Waals surface area contributed by atoms with E-state index in [0.717, 1.165) is 12.0 Å². The number of ketones is 1. The number of carbonyl (C=O) groups is 2. The van der Waals surface area contributed by atoms with Crippen LogP contribution in [0.25, 0.3) is 0 Å². The molecule has 1 saturated carbocycles. The summed E-state index contributed by atoms with van der Waals surface area (Å²) in [7, 11) is 0. The summed E-state index contributed by atoms with van der Waals surface area (Å²) in [6.45, 7) is 1.55. The van der Waals surface area contributed by atoms with Gasteiger partial charge in [-0.05, 0) is 30.4 Å². The molecule has 0 saturated heterocycles. The highest BCUT2D eigenvalue weighted by Crippen LogP contribution is 2.61. The van der Waals surface area contributed by atoms with Crippen molar-refractivity contribution in [1.82, 2.24) is 0 Å². The predicted octanol–water partition coefficient (Wildman–Crippen LogP) is 3.22. The molecule has 2 unspecified atom stereocenters. The Morgan fingerprint density at radius 1 is 1.50 bits per heavy atom. The Morgan fingerprint density at radius 2 is 2.15 bits per heavy atom. The van der Waals surface area contributed by atoms with Crippen LogP contribution in [0.15, 0.2) is 6.07 Å². The van der Waals surface area contributed by atoms with Crippen molar-refractivity contribution >= 4 is 35.0 Å². The number of carbonyl (C=O) groups excluding carboxylic acids is 1. The average Bonchev–Trinajstić information content (AvgIpc) is 2.93. The fourth-order valence-corrected chi connectivity index (χ4v) is 3.51. The fourth-order valence-electron chi connectivity index (χ4n) is 3.00. The molecule has 0 bridgehead atoms. The zero-order valence-corrected chi connectivity index (χ0v) is 12.2.